The van der Waals surface area contributed by atoms with Crippen molar-refractivity contribution in [1.29, 1.82) is 0 Å². The number of halogens is 1. The lowest BCUT2D eigenvalue weighted by atomic mass is 10.3. The van der Waals surface area contributed by atoms with Crippen LogP contribution in [0.2, 0.25) is 0 Å². The molecule has 0 bridgehead atoms. The molecule has 0 spiro atoms. The Balaban J connectivity index is 1.69. The Labute approximate surface area is 220 Å². The van der Waals surface area contributed by atoms with Crippen LogP contribution in [0.1, 0.15) is 26.7 Å². The molecule has 0 saturated carbocycles. The number of fused-ring (bicyclic) bond motifs is 1. The lowest BCUT2D eigenvalue weighted by molar-refractivity contribution is 0.415. The van der Waals surface area contributed by atoms with E-state index in [0.29, 0.717) is 5.95 Å². The first-order valence-corrected chi connectivity index (χ1v) is 12.7. The third kappa shape index (κ3) is 5.75. The number of benzene rings is 2. The number of ether oxygens (including phenoxy) is 1. The highest BCUT2D eigenvalue weighted by Gasteiger charge is 2.33. The number of nitrogens with zero attached hydrogens (tertiary/aromatic N) is 4. The van der Waals surface area contributed by atoms with Gasteiger partial charge in [0, 0.05) is 43.6 Å². The van der Waals surface area contributed by atoms with Gasteiger partial charge in [0.1, 0.15) is 17.2 Å². The molecule has 1 aromatic heterocycles. The van der Waals surface area contributed by atoms with E-state index in [4.69, 9.17) is 17.8 Å². The molecule has 1 unspecified atom stereocenters. The van der Waals surface area contributed by atoms with E-state index in [1.54, 1.807) is 7.11 Å². The van der Waals surface area contributed by atoms with Crippen molar-refractivity contribution in [3.8, 4) is 11.5 Å². The maximum Gasteiger partial charge on any atom is 0.231 e. The van der Waals surface area contributed by atoms with Gasteiger partial charge in [0.15, 0.2) is 40.9 Å². The number of aromatic nitrogens is 2. The molecule has 1 aliphatic heterocycles. The predicted molar refractivity (Wildman–Crippen MR) is 152 cm³/mol. The summed E-state index contributed by atoms with van der Waals surface area (Å²) in [4.78, 5) is 14.3. The van der Waals surface area contributed by atoms with E-state index in [-0.39, 0.29) is 6.29 Å². The molecule has 1 aliphatic rings. The molecule has 0 radical (unpaired) electrons. The Bertz CT molecular complexity index is 1140. The molecule has 10 heteroatoms. The number of hydrogen-bond donors (Lipinski definition) is 3. The van der Waals surface area contributed by atoms with Gasteiger partial charge in [0.25, 0.3) is 0 Å². The molecule has 186 valence electrons. The van der Waals surface area contributed by atoms with Gasteiger partial charge in [-0.1, -0.05) is 26.0 Å². The molecule has 0 fully saturated rings. The fourth-order valence-corrected chi connectivity index (χ4v) is 4.39. The van der Waals surface area contributed by atoms with Gasteiger partial charge in [-0.25, -0.2) is 0 Å². The quantitative estimate of drug-likeness (QED) is 0.239. The average molecular weight is 589 g/mol. The molecule has 35 heavy (non-hydrogen) atoms. The van der Waals surface area contributed by atoms with Gasteiger partial charge in [0.05, 0.1) is 7.11 Å². The molecule has 0 aliphatic carbocycles. The maximum atomic E-state index is 5.37. The Morgan fingerprint density at radius 3 is 2.40 bits per heavy atom. The molecule has 1 atom stereocenters. The Hall–Kier alpha value is -3.15. The molecule has 2 heterocycles. The van der Waals surface area contributed by atoms with Crippen LogP contribution in [-0.2, 0) is 0 Å². The second kappa shape index (κ2) is 11.5. The SMILES string of the molecule is CCCN(CCC)c1nc(Nc2cccc(OC)c2)nc2c1N(C)C(Nc1cccc(OI)c1)N2. The Morgan fingerprint density at radius 1 is 1.03 bits per heavy atom. The summed E-state index contributed by atoms with van der Waals surface area (Å²) >= 11 is 1.89. The zero-order chi connectivity index (χ0) is 24.8. The average Bonchev–Trinajstić information content (AvgIpc) is 3.18. The molecule has 0 saturated heterocycles. The van der Waals surface area contributed by atoms with Gasteiger partial charge in [-0.15, -0.1) is 0 Å². The monoisotopic (exact) mass is 589 g/mol. The second-order valence-corrected chi connectivity index (χ2v) is 8.76. The zero-order valence-electron chi connectivity index (χ0n) is 20.5. The predicted octanol–water partition coefficient (Wildman–Crippen LogP) is 5.84. The van der Waals surface area contributed by atoms with E-state index in [1.807, 2.05) is 78.6 Å². The van der Waals surface area contributed by atoms with Crippen LogP contribution in [0.4, 0.5) is 34.6 Å². The van der Waals surface area contributed by atoms with E-state index in [9.17, 15) is 0 Å². The van der Waals surface area contributed by atoms with Crippen LogP contribution in [0.5, 0.6) is 11.5 Å². The van der Waals surface area contributed by atoms with E-state index >= 15 is 0 Å². The van der Waals surface area contributed by atoms with Gasteiger partial charge < -0.3 is 33.6 Å². The van der Waals surface area contributed by atoms with Crippen molar-refractivity contribution in [3.63, 3.8) is 0 Å². The number of methoxy groups -OCH3 is 1. The Kier molecular flexibility index (Phi) is 8.21. The van der Waals surface area contributed by atoms with Crippen LogP contribution < -0.4 is 33.6 Å². The summed E-state index contributed by atoms with van der Waals surface area (Å²) in [5.41, 5.74) is 2.78. The second-order valence-electron chi connectivity index (χ2n) is 8.32. The van der Waals surface area contributed by atoms with Gasteiger partial charge >= 0.3 is 0 Å². The van der Waals surface area contributed by atoms with E-state index in [1.165, 1.54) is 0 Å². The first-order chi connectivity index (χ1) is 17.1. The minimum atomic E-state index is -0.195. The van der Waals surface area contributed by atoms with Crippen molar-refractivity contribution in [2.75, 3.05) is 53.0 Å². The molecule has 4 rings (SSSR count). The summed E-state index contributed by atoms with van der Waals surface area (Å²) in [6.07, 6.45) is 1.86. The topological polar surface area (TPSA) is 86.8 Å². The fourth-order valence-electron chi connectivity index (χ4n) is 4.12. The summed E-state index contributed by atoms with van der Waals surface area (Å²) in [7, 11) is 3.71. The third-order valence-corrected chi connectivity index (χ3v) is 6.23. The highest BCUT2D eigenvalue weighted by atomic mass is 127. The summed E-state index contributed by atoms with van der Waals surface area (Å²) in [5.74, 6) is 3.78. The summed E-state index contributed by atoms with van der Waals surface area (Å²) in [5, 5.41) is 10.4. The summed E-state index contributed by atoms with van der Waals surface area (Å²) < 4.78 is 10.7. The largest absolute Gasteiger partial charge is 0.497 e. The summed E-state index contributed by atoms with van der Waals surface area (Å²) in [6.45, 7) is 6.20. The first kappa shape index (κ1) is 25.0. The minimum absolute atomic E-state index is 0.195. The molecule has 3 N–H and O–H groups in total. The third-order valence-electron chi connectivity index (χ3n) is 5.72. The van der Waals surface area contributed by atoms with Crippen molar-refractivity contribution in [1.82, 2.24) is 9.97 Å². The highest BCUT2D eigenvalue weighted by molar-refractivity contribution is 14.1. The van der Waals surface area contributed by atoms with Crippen LogP contribution in [0, 0.1) is 0 Å². The van der Waals surface area contributed by atoms with Gasteiger partial charge in [-0.2, -0.15) is 9.97 Å². The van der Waals surface area contributed by atoms with E-state index < -0.39 is 0 Å². The van der Waals surface area contributed by atoms with Crippen LogP contribution in [0.15, 0.2) is 48.5 Å². The molecule has 9 nitrogen and oxygen atoms in total. The van der Waals surface area contributed by atoms with Crippen molar-refractivity contribution in [2.24, 2.45) is 0 Å². The van der Waals surface area contributed by atoms with Crippen molar-refractivity contribution in [2.45, 2.75) is 33.0 Å². The molecular weight excluding hydrogens is 557 g/mol. The van der Waals surface area contributed by atoms with Gasteiger partial charge in [-0.3, -0.25) is 0 Å². The van der Waals surface area contributed by atoms with E-state index in [0.717, 1.165) is 66.1 Å². The normalized spacial score (nSPS) is 14.2. The number of hydrogen-bond acceptors (Lipinski definition) is 9. The lowest BCUT2D eigenvalue weighted by Gasteiger charge is -2.29. The number of nitrogens with one attached hydrogen (secondary N) is 3. The lowest BCUT2D eigenvalue weighted by Crippen LogP contribution is -2.40. The standard InChI is InChI=1S/C25H32IN7O2/c1-5-13-33(14-6-2)23-21-22(29-24(31-23)27-17-9-7-11-19(15-17)34-4)30-25(32(21)3)28-18-10-8-12-20(16-18)35-26/h7-12,15-16,25,28H,5-6,13-14H2,1-4H3,(H2,27,29,30,31). The number of rotatable bonds is 11. The van der Waals surface area contributed by atoms with Gasteiger partial charge in [-0.05, 0) is 37.1 Å². The zero-order valence-corrected chi connectivity index (χ0v) is 22.7. The maximum absolute atomic E-state index is 5.37. The fraction of sp³-hybridized carbons (Fsp3) is 0.360. The molecule has 0 amide bonds. The van der Waals surface area contributed by atoms with Crippen molar-refractivity contribution >= 4 is 57.7 Å². The van der Waals surface area contributed by atoms with Crippen LogP contribution in [0.25, 0.3) is 0 Å². The number of anilines is 6. The smallest absolute Gasteiger partial charge is 0.231 e. The van der Waals surface area contributed by atoms with Crippen LogP contribution in [-0.4, -0.2) is 43.5 Å². The Morgan fingerprint density at radius 2 is 1.71 bits per heavy atom. The van der Waals surface area contributed by atoms with Crippen LogP contribution in [0.3, 0.4) is 0 Å². The minimum Gasteiger partial charge on any atom is -0.497 e. The van der Waals surface area contributed by atoms with Crippen molar-refractivity contribution < 1.29 is 7.80 Å². The van der Waals surface area contributed by atoms with Crippen LogP contribution >= 0.6 is 23.0 Å². The van der Waals surface area contributed by atoms with Crippen molar-refractivity contribution in [3.05, 3.63) is 48.5 Å². The van der Waals surface area contributed by atoms with Gasteiger partial charge in [0.2, 0.25) is 5.95 Å². The molecule has 3 aromatic rings. The first-order valence-electron chi connectivity index (χ1n) is 11.8. The molecular formula is C25H32IN7O2. The summed E-state index contributed by atoms with van der Waals surface area (Å²) in [6, 6.07) is 15.6. The molecule has 2 aromatic carbocycles. The highest BCUT2D eigenvalue weighted by Crippen LogP contribution is 2.41. The van der Waals surface area contributed by atoms with E-state index in [2.05, 4.69) is 39.6 Å².